The number of furan rings is 1. The van der Waals surface area contributed by atoms with Crippen LogP contribution >= 0.6 is 11.3 Å². The van der Waals surface area contributed by atoms with Gasteiger partial charge in [0.15, 0.2) is 10.8 Å². The van der Waals surface area contributed by atoms with Crippen LogP contribution in [0.15, 0.2) is 28.2 Å². The van der Waals surface area contributed by atoms with Crippen molar-refractivity contribution < 1.29 is 9.21 Å². The van der Waals surface area contributed by atoms with E-state index in [0.29, 0.717) is 6.54 Å². The van der Waals surface area contributed by atoms with Crippen molar-refractivity contribution in [3.05, 3.63) is 29.5 Å². The normalized spacial score (nSPS) is 11.4. The Kier molecular flexibility index (Phi) is 4.34. The molecule has 0 aliphatic heterocycles. The van der Waals surface area contributed by atoms with Crippen molar-refractivity contribution in [3.63, 3.8) is 0 Å². The third-order valence-corrected chi connectivity index (χ3v) is 3.64. The van der Waals surface area contributed by atoms with E-state index in [-0.39, 0.29) is 18.5 Å². The van der Waals surface area contributed by atoms with Gasteiger partial charge in [0.1, 0.15) is 0 Å². The highest BCUT2D eigenvalue weighted by Gasteiger charge is 2.15. The SMILES string of the molecule is CC(C)N(CC(N)=O)Cc1csc(-c2ccco2)n1. The van der Waals surface area contributed by atoms with Crippen LogP contribution in [0.25, 0.3) is 10.8 Å². The molecule has 2 rings (SSSR count). The quantitative estimate of drug-likeness (QED) is 0.879. The smallest absolute Gasteiger partial charge is 0.231 e. The van der Waals surface area contributed by atoms with Crippen LogP contribution in [-0.2, 0) is 11.3 Å². The number of nitrogens with two attached hydrogens (primary N) is 1. The van der Waals surface area contributed by atoms with Crippen LogP contribution in [0.4, 0.5) is 0 Å². The van der Waals surface area contributed by atoms with E-state index in [1.165, 1.54) is 11.3 Å². The lowest BCUT2D eigenvalue weighted by molar-refractivity contribution is -0.119. The van der Waals surface area contributed by atoms with Crippen molar-refractivity contribution in [1.29, 1.82) is 0 Å². The highest BCUT2D eigenvalue weighted by molar-refractivity contribution is 7.13. The first-order chi connectivity index (χ1) is 9.06. The average Bonchev–Trinajstić information content (AvgIpc) is 2.97. The zero-order chi connectivity index (χ0) is 13.8. The molecule has 0 saturated heterocycles. The van der Waals surface area contributed by atoms with Crippen molar-refractivity contribution in [1.82, 2.24) is 9.88 Å². The summed E-state index contributed by atoms with van der Waals surface area (Å²) >= 11 is 1.53. The summed E-state index contributed by atoms with van der Waals surface area (Å²) in [6, 6.07) is 3.96. The lowest BCUT2D eigenvalue weighted by Gasteiger charge is -2.23. The Labute approximate surface area is 116 Å². The van der Waals surface area contributed by atoms with E-state index in [1.807, 2.05) is 36.3 Å². The molecule has 0 aromatic carbocycles. The molecule has 102 valence electrons. The number of carbonyl (C=O) groups is 1. The van der Waals surface area contributed by atoms with Gasteiger partial charge >= 0.3 is 0 Å². The molecule has 19 heavy (non-hydrogen) atoms. The van der Waals surface area contributed by atoms with Crippen LogP contribution in [0.1, 0.15) is 19.5 Å². The van der Waals surface area contributed by atoms with Crippen molar-refractivity contribution in [2.75, 3.05) is 6.54 Å². The Bertz CT molecular complexity index is 534. The summed E-state index contributed by atoms with van der Waals surface area (Å²) < 4.78 is 5.31. The molecule has 6 heteroatoms. The summed E-state index contributed by atoms with van der Waals surface area (Å²) in [5.41, 5.74) is 6.18. The number of carbonyl (C=O) groups excluding carboxylic acids is 1. The number of aromatic nitrogens is 1. The van der Waals surface area contributed by atoms with Crippen LogP contribution in [-0.4, -0.2) is 28.4 Å². The van der Waals surface area contributed by atoms with Gasteiger partial charge in [-0.1, -0.05) is 0 Å². The zero-order valence-electron chi connectivity index (χ0n) is 11.0. The Hall–Kier alpha value is -1.66. The molecule has 0 aliphatic rings. The lowest BCUT2D eigenvalue weighted by Crippen LogP contribution is -2.38. The highest BCUT2D eigenvalue weighted by Crippen LogP contribution is 2.24. The van der Waals surface area contributed by atoms with Crippen molar-refractivity contribution >= 4 is 17.2 Å². The monoisotopic (exact) mass is 279 g/mol. The molecule has 2 heterocycles. The molecule has 0 fully saturated rings. The first-order valence-electron chi connectivity index (χ1n) is 6.07. The lowest BCUT2D eigenvalue weighted by atomic mass is 10.3. The number of primary amides is 1. The second-order valence-corrected chi connectivity index (χ2v) is 5.44. The predicted molar refractivity (Wildman–Crippen MR) is 74.6 cm³/mol. The zero-order valence-corrected chi connectivity index (χ0v) is 11.8. The second-order valence-electron chi connectivity index (χ2n) is 4.59. The van der Waals surface area contributed by atoms with Gasteiger partial charge in [0, 0.05) is 18.0 Å². The van der Waals surface area contributed by atoms with E-state index in [4.69, 9.17) is 10.2 Å². The first-order valence-corrected chi connectivity index (χ1v) is 6.95. The van der Waals surface area contributed by atoms with E-state index >= 15 is 0 Å². The van der Waals surface area contributed by atoms with Gasteiger partial charge in [-0.15, -0.1) is 11.3 Å². The van der Waals surface area contributed by atoms with E-state index in [2.05, 4.69) is 4.98 Å². The van der Waals surface area contributed by atoms with Gasteiger partial charge in [0.05, 0.1) is 18.5 Å². The minimum atomic E-state index is -0.324. The number of hydrogen-bond donors (Lipinski definition) is 1. The average molecular weight is 279 g/mol. The number of rotatable bonds is 6. The Morgan fingerprint density at radius 3 is 2.95 bits per heavy atom. The van der Waals surface area contributed by atoms with E-state index in [0.717, 1.165) is 16.5 Å². The molecular formula is C13H17N3O2S. The summed E-state index contributed by atoms with van der Waals surface area (Å²) in [6.07, 6.45) is 1.63. The van der Waals surface area contributed by atoms with Crippen LogP contribution in [0.2, 0.25) is 0 Å². The molecule has 0 aliphatic carbocycles. The Morgan fingerprint density at radius 2 is 2.37 bits per heavy atom. The Morgan fingerprint density at radius 1 is 1.58 bits per heavy atom. The van der Waals surface area contributed by atoms with E-state index in [1.54, 1.807) is 6.26 Å². The summed E-state index contributed by atoms with van der Waals surface area (Å²) in [6.45, 7) is 4.91. The van der Waals surface area contributed by atoms with Crippen LogP contribution < -0.4 is 5.73 Å². The molecule has 5 nitrogen and oxygen atoms in total. The standard InChI is InChI=1S/C13H17N3O2S/c1-9(2)16(7-12(14)17)6-10-8-19-13(15-10)11-4-3-5-18-11/h3-5,8-9H,6-7H2,1-2H3,(H2,14,17). The molecule has 2 N–H and O–H groups in total. The van der Waals surface area contributed by atoms with Gasteiger partial charge in [-0.05, 0) is 26.0 Å². The van der Waals surface area contributed by atoms with Crippen LogP contribution in [0, 0.1) is 0 Å². The molecule has 2 aromatic heterocycles. The fourth-order valence-electron chi connectivity index (χ4n) is 1.72. The largest absolute Gasteiger partial charge is 0.462 e. The van der Waals surface area contributed by atoms with Crippen LogP contribution in [0.5, 0.6) is 0 Å². The number of amides is 1. The topological polar surface area (TPSA) is 72.4 Å². The number of hydrogen-bond acceptors (Lipinski definition) is 5. The van der Waals surface area contributed by atoms with Gasteiger partial charge in [-0.3, -0.25) is 9.69 Å². The van der Waals surface area contributed by atoms with Gasteiger partial charge < -0.3 is 10.2 Å². The fourth-order valence-corrected chi connectivity index (χ4v) is 2.50. The van der Waals surface area contributed by atoms with E-state index < -0.39 is 0 Å². The molecule has 1 amide bonds. The highest BCUT2D eigenvalue weighted by atomic mass is 32.1. The molecule has 2 aromatic rings. The van der Waals surface area contributed by atoms with Crippen molar-refractivity contribution in [3.8, 4) is 10.8 Å². The maximum absolute atomic E-state index is 11.0. The molecular weight excluding hydrogens is 262 g/mol. The predicted octanol–water partition coefficient (Wildman–Crippen LogP) is 2.10. The molecule has 0 unspecified atom stereocenters. The minimum Gasteiger partial charge on any atom is -0.462 e. The second kappa shape index (κ2) is 5.99. The third kappa shape index (κ3) is 3.65. The fraction of sp³-hybridized carbons (Fsp3) is 0.385. The summed E-state index contributed by atoms with van der Waals surface area (Å²) in [5.74, 6) is 0.442. The maximum Gasteiger partial charge on any atom is 0.231 e. The maximum atomic E-state index is 11.0. The first kappa shape index (κ1) is 13.8. The molecule has 0 radical (unpaired) electrons. The van der Waals surface area contributed by atoms with Crippen molar-refractivity contribution in [2.45, 2.75) is 26.4 Å². The number of thiazole rings is 1. The van der Waals surface area contributed by atoms with E-state index in [9.17, 15) is 4.79 Å². The van der Waals surface area contributed by atoms with Gasteiger partial charge in [-0.2, -0.15) is 0 Å². The van der Waals surface area contributed by atoms with Crippen LogP contribution in [0.3, 0.4) is 0 Å². The van der Waals surface area contributed by atoms with Gasteiger partial charge in [0.2, 0.25) is 5.91 Å². The summed E-state index contributed by atoms with van der Waals surface area (Å²) in [7, 11) is 0. The number of nitrogens with zero attached hydrogens (tertiary/aromatic N) is 2. The summed E-state index contributed by atoms with van der Waals surface area (Å²) in [5, 5.41) is 2.83. The summed E-state index contributed by atoms with van der Waals surface area (Å²) in [4.78, 5) is 17.5. The molecule has 0 bridgehead atoms. The third-order valence-electron chi connectivity index (χ3n) is 2.74. The Balaban J connectivity index is 2.08. The molecule has 0 atom stereocenters. The van der Waals surface area contributed by atoms with Gasteiger partial charge in [0.25, 0.3) is 0 Å². The van der Waals surface area contributed by atoms with Crippen molar-refractivity contribution in [2.24, 2.45) is 5.73 Å². The molecule has 0 spiro atoms. The molecule has 0 saturated carbocycles. The van der Waals surface area contributed by atoms with Gasteiger partial charge in [-0.25, -0.2) is 4.98 Å². The minimum absolute atomic E-state index is 0.237.